The van der Waals surface area contributed by atoms with Crippen LogP contribution in [0.15, 0.2) is 60.8 Å². The van der Waals surface area contributed by atoms with Gasteiger partial charge in [-0.05, 0) is 42.3 Å². The molecule has 0 fully saturated rings. The first kappa shape index (κ1) is 16.5. The van der Waals surface area contributed by atoms with Gasteiger partial charge in [-0.15, -0.1) is 0 Å². The van der Waals surface area contributed by atoms with Crippen LogP contribution >= 0.6 is 23.2 Å². The molecule has 1 heterocycles. The van der Waals surface area contributed by atoms with E-state index in [9.17, 15) is 4.79 Å². The predicted molar refractivity (Wildman–Crippen MR) is 98.8 cm³/mol. The zero-order valence-electron chi connectivity index (χ0n) is 12.9. The van der Waals surface area contributed by atoms with Crippen LogP contribution in [0.25, 0.3) is 11.1 Å². The Morgan fingerprint density at radius 3 is 2.50 bits per heavy atom. The monoisotopic (exact) mass is 356 g/mol. The topological polar surface area (TPSA) is 42.0 Å². The lowest BCUT2D eigenvalue weighted by Crippen LogP contribution is -2.14. The van der Waals surface area contributed by atoms with Gasteiger partial charge in [0.2, 0.25) is 0 Å². The van der Waals surface area contributed by atoms with E-state index in [0.29, 0.717) is 16.3 Å². The average molecular weight is 357 g/mol. The number of nitrogens with zero attached hydrogens (tertiary/aromatic N) is 1. The fraction of sp³-hybridized carbons (Fsp3) is 0.0526. The summed E-state index contributed by atoms with van der Waals surface area (Å²) in [6.45, 7) is 1.96. The molecule has 3 aromatic rings. The molecular weight excluding hydrogens is 343 g/mol. The van der Waals surface area contributed by atoms with E-state index in [1.165, 1.54) is 6.20 Å². The predicted octanol–water partition coefficient (Wildman–Crippen LogP) is 5.62. The molecule has 3 rings (SSSR count). The van der Waals surface area contributed by atoms with Gasteiger partial charge in [0.1, 0.15) is 5.15 Å². The number of nitrogens with one attached hydrogen (secondary N) is 1. The van der Waals surface area contributed by atoms with Crippen molar-refractivity contribution in [1.29, 1.82) is 0 Å². The van der Waals surface area contributed by atoms with Crippen molar-refractivity contribution < 1.29 is 4.79 Å². The first-order chi connectivity index (χ1) is 11.6. The molecule has 0 aliphatic carbocycles. The molecule has 0 radical (unpaired) electrons. The molecule has 0 atom stereocenters. The summed E-state index contributed by atoms with van der Waals surface area (Å²) in [6.07, 6.45) is 1.54. The molecule has 0 spiro atoms. The molecule has 1 N–H and O–H groups in total. The Labute approximate surface area is 150 Å². The van der Waals surface area contributed by atoms with E-state index in [1.54, 1.807) is 18.2 Å². The molecule has 0 unspecified atom stereocenters. The summed E-state index contributed by atoms with van der Waals surface area (Å²) in [5.74, 6) is -0.327. The summed E-state index contributed by atoms with van der Waals surface area (Å²) in [6, 6.07) is 16.7. The number of hydrogen-bond donors (Lipinski definition) is 1. The molecule has 24 heavy (non-hydrogen) atoms. The van der Waals surface area contributed by atoms with Crippen molar-refractivity contribution in [2.24, 2.45) is 0 Å². The number of benzene rings is 2. The van der Waals surface area contributed by atoms with Crippen molar-refractivity contribution in [2.45, 2.75) is 6.92 Å². The van der Waals surface area contributed by atoms with Crippen LogP contribution < -0.4 is 5.32 Å². The summed E-state index contributed by atoms with van der Waals surface area (Å²) in [5, 5.41) is 3.62. The van der Waals surface area contributed by atoms with Crippen LogP contribution in [0.5, 0.6) is 0 Å². The second-order valence-electron chi connectivity index (χ2n) is 5.31. The molecule has 120 valence electrons. The lowest BCUT2D eigenvalue weighted by atomic mass is 9.98. The third-order valence-corrected chi connectivity index (χ3v) is 4.13. The normalized spacial score (nSPS) is 10.5. The van der Waals surface area contributed by atoms with Crippen LogP contribution in [0.4, 0.5) is 5.69 Å². The van der Waals surface area contributed by atoms with E-state index in [1.807, 2.05) is 43.3 Å². The number of pyridine rings is 1. The van der Waals surface area contributed by atoms with Crippen LogP contribution in [-0.4, -0.2) is 10.9 Å². The summed E-state index contributed by atoms with van der Waals surface area (Å²) in [7, 11) is 0. The molecule has 1 amide bonds. The standard InChI is InChI=1S/C19H14Cl2N2O/c1-12-10-14(20)11-16(17(12)13-6-3-2-4-7-13)23-19(24)15-8-5-9-22-18(15)21/h2-11H,1H3,(H,23,24). The zero-order chi connectivity index (χ0) is 17.1. The molecule has 3 nitrogen and oxygen atoms in total. The van der Waals surface area contributed by atoms with Crippen molar-refractivity contribution >= 4 is 34.8 Å². The van der Waals surface area contributed by atoms with E-state index in [4.69, 9.17) is 23.2 Å². The van der Waals surface area contributed by atoms with E-state index in [2.05, 4.69) is 10.3 Å². The number of carbonyl (C=O) groups is 1. The second-order valence-corrected chi connectivity index (χ2v) is 6.10. The van der Waals surface area contributed by atoms with Gasteiger partial charge in [-0.2, -0.15) is 0 Å². The number of anilines is 1. The minimum absolute atomic E-state index is 0.162. The highest BCUT2D eigenvalue weighted by molar-refractivity contribution is 6.33. The zero-order valence-corrected chi connectivity index (χ0v) is 14.4. The highest BCUT2D eigenvalue weighted by atomic mass is 35.5. The summed E-state index contributed by atoms with van der Waals surface area (Å²) in [5.41, 5.74) is 3.85. The van der Waals surface area contributed by atoms with E-state index < -0.39 is 0 Å². The molecule has 1 aromatic heterocycles. The van der Waals surface area contributed by atoms with Crippen molar-refractivity contribution in [3.05, 3.63) is 82.1 Å². The maximum absolute atomic E-state index is 12.6. The smallest absolute Gasteiger partial charge is 0.258 e. The van der Waals surface area contributed by atoms with Crippen LogP contribution in [-0.2, 0) is 0 Å². The SMILES string of the molecule is Cc1cc(Cl)cc(NC(=O)c2cccnc2Cl)c1-c1ccccc1. The van der Waals surface area contributed by atoms with Gasteiger partial charge in [0.15, 0.2) is 0 Å². The van der Waals surface area contributed by atoms with E-state index in [0.717, 1.165) is 16.7 Å². The van der Waals surface area contributed by atoms with Crippen molar-refractivity contribution in [2.75, 3.05) is 5.32 Å². The van der Waals surface area contributed by atoms with Gasteiger partial charge in [0.05, 0.1) is 11.3 Å². The Kier molecular flexibility index (Phi) is 4.84. The highest BCUT2D eigenvalue weighted by Gasteiger charge is 2.15. The van der Waals surface area contributed by atoms with Gasteiger partial charge in [-0.3, -0.25) is 4.79 Å². The van der Waals surface area contributed by atoms with Gasteiger partial charge < -0.3 is 5.32 Å². The van der Waals surface area contributed by atoms with Gasteiger partial charge in [0.25, 0.3) is 5.91 Å². The van der Waals surface area contributed by atoms with Crippen LogP contribution in [0, 0.1) is 6.92 Å². The van der Waals surface area contributed by atoms with Gasteiger partial charge in [-0.1, -0.05) is 53.5 Å². The number of hydrogen-bond acceptors (Lipinski definition) is 2. The van der Waals surface area contributed by atoms with Crippen LogP contribution in [0.1, 0.15) is 15.9 Å². The number of aryl methyl sites for hydroxylation is 1. The summed E-state index contributed by atoms with van der Waals surface area (Å²) in [4.78, 5) is 16.5. The molecule has 0 saturated carbocycles. The molecule has 5 heteroatoms. The van der Waals surface area contributed by atoms with Crippen LogP contribution in [0.3, 0.4) is 0 Å². The lowest BCUT2D eigenvalue weighted by molar-refractivity contribution is 0.102. The molecule has 0 bridgehead atoms. The Bertz CT molecular complexity index is 895. The molecular formula is C19H14Cl2N2O. The summed E-state index contributed by atoms with van der Waals surface area (Å²) < 4.78 is 0. The molecule has 2 aromatic carbocycles. The van der Waals surface area contributed by atoms with Crippen molar-refractivity contribution in [1.82, 2.24) is 4.98 Å². The fourth-order valence-corrected chi connectivity index (χ4v) is 3.05. The number of carbonyl (C=O) groups excluding carboxylic acids is 1. The molecule has 0 aliphatic heterocycles. The first-order valence-corrected chi connectivity index (χ1v) is 8.09. The van der Waals surface area contributed by atoms with E-state index in [-0.39, 0.29) is 11.1 Å². The minimum atomic E-state index is -0.327. The average Bonchev–Trinajstić information content (AvgIpc) is 2.55. The number of aromatic nitrogens is 1. The second kappa shape index (κ2) is 7.04. The van der Waals surface area contributed by atoms with Gasteiger partial charge in [0, 0.05) is 16.8 Å². The van der Waals surface area contributed by atoms with Crippen LogP contribution in [0.2, 0.25) is 10.2 Å². The fourth-order valence-electron chi connectivity index (χ4n) is 2.57. The first-order valence-electron chi connectivity index (χ1n) is 7.33. The molecule has 0 aliphatic rings. The van der Waals surface area contributed by atoms with Crippen molar-refractivity contribution in [3.8, 4) is 11.1 Å². The van der Waals surface area contributed by atoms with Crippen molar-refractivity contribution in [3.63, 3.8) is 0 Å². The Morgan fingerprint density at radius 2 is 1.79 bits per heavy atom. The number of amides is 1. The maximum Gasteiger partial charge on any atom is 0.258 e. The summed E-state index contributed by atoms with van der Waals surface area (Å²) >= 11 is 12.2. The highest BCUT2D eigenvalue weighted by Crippen LogP contribution is 2.34. The van der Waals surface area contributed by atoms with Gasteiger partial charge >= 0.3 is 0 Å². The van der Waals surface area contributed by atoms with Gasteiger partial charge in [-0.25, -0.2) is 4.98 Å². The minimum Gasteiger partial charge on any atom is -0.321 e. The maximum atomic E-state index is 12.6. The Hall–Kier alpha value is -2.36. The molecule has 0 saturated heterocycles. The third kappa shape index (κ3) is 3.42. The quantitative estimate of drug-likeness (QED) is 0.619. The Morgan fingerprint density at radius 1 is 1.04 bits per heavy atom. The lowest BCUT2D eigenvalue weighted by Gasteiger charge is -2.15. The number of rotatable bonds is 3. The van der Waals surface area contributed by atoms with E-state index >= 15 is 0 Å². The third-order valence-electron chi connectivity index (χ3n) is 3.61. The Balaban J connectivity index is 2.05. The largest absolute Gasteiger partial charge is 0.321 e. The number of halogens is 2.